The van der Waals surface area contributed by atoms with Crippen LogP contribution in [0.25, 0.3) is 16.7 Å². The first-order chi connectivity index (χ1) is 11.4. The third kappa shape index (κ3) is 2.11. The van der Waals surface area contributed by atoms with Gasteiger partial charge >= 0.3 is 0 Å². The molecular formula is C16H17N5O3. The minimum Gasteiger partial charge on any atom is -0.508 e. The molecule has 5 N–H and O–H groups in total. The number of nitrogens with zero attached hydrogens (tertiary/aromatic N) is 3. The van der Waals surface area contributed by atoms with Crippen LogP contribution in [0.5, 0.6) is 11.6 Å². The van der Waals surface area contributed by atoms with Gasteiger partial charge in [-0.2, -0.15) is 0 Å². The van der Waals surface area contributed by atoms with Crippen molar-refractivity contribution in [1.82, 2.24) is 14.8 Å². The molecule has 0 aliphatic carbocycles. The number of anilines is 1. The van der Waals surface area contributed by atoms with Crippen LogP contribution >= 0.6 is 0 Å². The first kappa shape index (κ1) is 15.6. The van der Waals surface area contributed by atoms with Crippen molar-refractivity contribution in [1.29, 1.82) is 0 Å². The summed E-state index contributed by atoms with van der Waals surface area (Å²) in [6.45, 7) is 3.64. The molecule has 0 aliphatic rings. The predicted octanol–water partition coefficient (Wildman–Crippen LogP) is 1.43. The third-order valence-corrected chi connectivity index (χ3v) is 4.01. The Morgan fingerprint density at radius 1 is 1.29 bits per heavy atom. The van der Waals surface area contributed by atoms with Gasteiger partial charge in [-0.25, -0.2) is 0 Å². The molecule has 0 saturated heterocycles. The number of phenolic OH excluding ortho intramolecular Hbond substituents is 1. The number of ether oxygens (including phenoxy) is 1. The second kappa shape index (κ2) is 5.41. The molecule has 8 nitrogen and oxygen atoms in total. The van der Waals surface area contributed by atoms with Crippen LogP contribution in [0, 0.1) is 13.8 Å². The fraction of sp³-hybridized carbons (Fsp3) is 0.188. The van der Waals surface area contributed by atoms with E-state index in [2.05, 4.69) is 10.2 Å². The van der Waals surface area contributed by atoms with E-state index in [1.54, 1.807) is 29.7 Å². The molecule has 0 saturated carbocycles. The quantitative estimate of drug-likeness (QED) is 0.667. The van der Waals surface area contributed by atoms with Crippen LogP contribution in [-0.2, 0) is 0 Å². The molecule has 0 spiro atoms. The number of carbonyl (C=O) groups is 1. The van der Waals surface area contributed by atoms with E-state index in [1.165, 1.54) is 7.11 Å². The number of nitrogen functional groups attached to an aromatic ring is 1. The largest absolute Gasteiger partial charge is 0.508 e. The lowest BCUT2D eigenvalue weighted by molar-refractivity contribution is 0.100. The van der Waals surface area contributed by atoms with Crippen LogP contribution in [-0.4, -0.2) is 32.9 Å². The summed E-state index contributed by atoms with van der Waals surface area (Å²) in [5, 5.41) is 18.0. The number of hydrogen-bond acceptors (Lipinski definition) is 6. The number of carbonyl (C=O) groups excluding carboxylic acids is 1. The molecule has 0 bridgehead atoms. The molecule has 24 heavy (non-hydrogen) atoms. The van der Waals surface area contributed by atoms with Gasteiger partial charge in [0, 0.05) is 11.6 Å². The van der Waals surface area contributed by atoms with Gasteiger partial charge in [0.1, 0.15) is 22.6 Å². The number of phenols is 1. The fourth-order valence-electron chi connectivity index (χ4n) is 2.83. The highest BCUT2D eigenvalue weighted by molar-refractivity contribution is 6.10. The molecule has 2 aromatic heterocycles. The number of fused-ring (bicyclic) bond motifs is 1. The van der Waals surface area contributed by atoms with Crippen molar-refractivity contribution < 1.29 is 14.6 Å². The van der Waals surface area contributed by atoms with Crippen molar-refractivity contribution in [3.05, 3.63) is 34.9 Å². The molecule has 0 fully saturated rings. The molecule has 1 aromatic carbocycles. The van der Waals surface area contributed by atoms with Crippen molar-refractivity contribution in [2.75, 3.05) is 12.8 Å². The molecule has 0 unspecified atom stereocenters. The monoisotopic (exact) mass is 327 g/mol. The van der Waals surface area contributed by atoms with Crippen molar-refractivity contribution in [2.45, 2.75) is 13.8 Å². The zero-order chi connectivity index (χ0) is 17.6. The van der Waals surface area contributed by atoms with Gasteiger partial charge in [-0.3, -0.25) is 9.36 Å². The van der Waals surface area contributed by atoms with Crippen LogP contribution in [0.3, 0.4) is 0 Å². The van der Waals surface area contributed by atoms with E-state index in [1.807, 2.05) is 6.92 Å². The molecular weight excluding hydrogens is 310 g/mol. The average Bonchev–Trinajstić information content (AvgIpc) is 2.83. The van der Waals surface area contributed by atoms with Gasteiger partial charge in [0.2, 0.25) is 5.88 Å². The summed E-state index contributed by atoms with van der Waals surface area (Å²) in [7, 11) is 1.46. The zero-order valence-electron chi connectivity index (χ0n) is 13.5. The molecule has 124 valence electrons. The Morgan fingerprint density at radius 2 is 2.00 bits per heavy atom. The van der Waals surface area contributed by atoms with Gasteiger partial charge in [0.25, 0.3) is 5.91 Å². The topological polar surface area (TPSA) is 129 Å². The zero-order valence-corrected chi connectivity index (χ0v) is 13.5. The summed E-state index contributed by atoms with van der Waals surface area (Å²) in [6.07, 6.45) is 0. The minimum atomic E-state index is -0.703. The Labute approximate surface area is 137 Å². The van der Waals surface area contributed by atoms with Gasteiger partial charge in [-0.1, -0.05) is 6.07 Å². The number of amides is 1. The summed E-state index contributed by atoms with van der Waals surface area (Å²) in [5.74, 6) is -0.179. The minimum absolute atomic E-state index is 0.0855. The molecule has 0 radical (unpaired) electrons. The summed E-state index contributed by atoms with van der Waals surface area (Å²) in [4.78, 5) is 11.9. The number of methoxy groups -OCH3 is 1. The second-order valence-electron chi connectivity index (χ2n) is 5.46. The van der Waals surface area contributed by atoms with E-state index in [4.69, 9.17) is 16.2 Å². The SMILES string of the molecule is COc1cc2c(nn1)c(C(N)=O)c(N)n2-c1c(C)ccc(O)c1C. The van der Waals surface area contributed by atoms with Crippen molar-refractivity contribution in [3.63, 3.8) is 0 Å². The number of nitrogens with two attached hydrogens (primary N) is 2. The van der Waals surface area contributed by atoms with Crippen molar-refractivity contribution in [2.24, 2.45) is 5.73 Å². The molecule has 0 atom stereocenters. The number of rotatable bonds is 3. The summed E-state index contributed by atoms with van der Waals surface area (Å²) < 4.78 is 6.75. The van der Waals surface area contributed by atoms with E-state index >= 15 is 0 Å². The smallest absolute Gasteiger partial charge is 0.254 e. The summed E-state index contributed by atoms with van der Waals surface area (Å²) in [6, 6.07) is 4.98. The number of aromatic nitrogens is 3. The molecule has 8 heteroatoms. The fourth-order valence-corrected chi connectivity index (χ4v) is 2.83. The Balaban J connectivity index is 2.51. The lowest BCUT2D eigenvalue weighted by Gasteiger charge is -2.15. The van der Waals surface area contributed by atoms with Crippen molar-refractivity contribution in [3.8, 4) is 17.3 Å². The Hall–Kier alpha value is -3.29. The van der Waals surface area contributed by atoms with E-state index < -0.39 is 5.91 Å². The number of benzene rings is 1. The second-order valence-corrected chi connectivity index (χ2v) is 5.46. The summed E-state index contributed by atoms with van der Waals surface area (Å²) in [5.41, 5.74) is 14.7. The molecule has 3 aromatic rings. The maximum Gasteiger partial charge on any atom is 0.254 e. The maximum atomic E-state index is 11.9. The van der Waals surface area contributed by atoms with Gasteiger partial charge in [0.05, 0.1) is 18.3 Å². The lowest BCUT2D eigenvalue weighted by atomic mass is 10.1. The highest BCUT2D eigenvalue weighted by atomic mass is 16.5. The average molecular weight is 327 g/mol. The van der Waals surface area contributed by atoms with Crippen LogP contribution in [0.2, 0.25) is 0 Å². The van der Waals surface area contributed by atoms with Crippen LogP contribution < -0.4 is 16.2 Å². The van der Waals surface area contributed by atoms with E-state index in [9.17, 15) is 9.90 Å². The number of aryl methyl sites for hydroxylation is 1. The highest BCUT2D eigenvalue weighted by Gasteiger charge is 2.24. The van der Waals surface area contributed by atoms with Gasteiger partial charge in [0.15, 0.2) is 0 Å². The molecule has 3 rings (SSSR count). The predicted molar refractivity (Wildman–Crippen MR) is 89.5 cm³/mol. The van der Waals surface area contributed by atoms with E-state index in [0.717, 1.165) is 5.56 Å². The molecule has 1 amide bonds. The van der Waals surface area contributed by atoms with Crippen LogP contribution in [0.1, 0.15) is 21.5 Å². The normalized spacial score (nSPS) is 11.0. The first-order valence-electron chi connectivity index (χ1n) is 7.17. The van der Waals surface area contributed by atoms with Gasteiger partial charge < -0.3 is 21.3 Å². The van der Waals surface area contributed by atoms with Gasteiger partial charge in [-0.15, -0.1) is 10.2 Å². The third-order valence-electron chi connectivity index (χ3n) is 4.01. The lowest BCUT2D eigenvalue weighted by Crippen LogP contribution is -2.14. The summed E-state index contributed by atoms with van der Waals surface area (Å²) >= 11 is 0. The number of primary amides is 1. The maximum absolute atomic E-state index is 11.9. The number of hydrogen-bond donors (Lipinski definition) is 3. The van der Waals surface area contributed by atoms with Crippen LogP contribution in [0.15, 0.2) is 18.2 Å². The molecule has 0 aliphatic heterocycles. The van der Waals surface area contributed by atoms with Crippen LogP contribution in [0.4, 0.5) is 5.82 Å². The highest BCUT2D eigenvalue weighted by Crippen LogP contribution is 2.35. The standard InChI is InChI=1S/C16H17N5O3/c1-7-4-5-10(22)8(2)14(7)21-9-6-11(24-3)19-20-13(9)12(15(21)17)16(18)23/h4-6,22H,17H2,1-3H3,(H2,18,23). The van der Waals surface area contributed by atoms with Crippen molar-refractivity contribution >= 4 is 22.8 Å². The number of aromatic hydroxyl groups is 1. The molecule has 2 heterocycles. The Morgan fingerprint density at radius 3 is 2.62 bits per heavy atom. The van der Waals surface area contributed by atoms with Gasteiger partial charge in [-0.05, 0) is 25.5 Å². The Bertz CT molecular complexity index is 978. The Kier molecular flexibility index (Phi) is 3.52. The van der Waals surface area contributed by atoms with E-state index in [0.29, 0.717) is 16.8 Å². The van der Waals surface area contributed by atoms with E-state index in [-0.39, 0.29) is 28.5 Å². The first-order valence-corrected chi connectivity index (χ1v) is 7.17.